The molecule has 60 valence electrons. The van der Waals surface area contributed by atoms with Crippen LogP contribution in [0.3, 0.4) is 0 Å². The summed E-state index contributed by atoms with van der Waals surface area (Å²) in [7, 11) is 0. The van der Waals surface area contributed by atoms with E-state index in [9.17, 15) is 0 Å². The van der Waals surface area contributed by atoms with Crippen molar-refractivity contribution in [1.82, 2.24) is 9.97 Å². The average molecular weight is 215 g/mol. The molecule has 0 saturated carbocycles. The number of hydrogen-bond donors (Lipinski definition) is 0. The largest absolute Gasteiger partial charge is 0.257 e. The third-order valence-electron chi connectivity index (χ3n) is 1.46. The summed E-state index contributed by atoms with van der Waals surface area (Å²) in [5.74, 6) is 0. The minimum atomic E-state index is 0.803. The molecule has 0 bridgehead atoms. The Morgan fingerprint density at radius 3 is 2.73 bits per heavy atom. The van der Waals surface area contributed by atoms with E-state index in [1.165, 1.54) is 12.8 Å². The molecule has 0 N–H and O–H groups in total. The number of nitrogens with zero attached hydrogens (tertiary/aromatic N) is 2. The number of aromatic nitrogens is 2. The highest BCUT2D eigenvalue weighted by molar-refractivity contribution is 9.10. The van der Waals surface area contributed by atoms with Crippen molar-refractivity contribution >= 4 is 15.9 Å². The molecule has 0 unspecified atom stereocenters. The van der Waals surface area contributed by atoms with Gasteiger partial charge in [0.15, 0.2) is 0 Å². The molecule has 0 saturated heterocycles. The SMILES string of the molecule is CCCCc1cnc(Br)cn1. The van der Waals surface area contributed by atoms with Crippen LogP contribution in [-0.4, -0.2) is 9.97 Å². The van der Waals surface area contributed by atoms with E-state index in [1.807, 2.05) is 6.20 Å². The fraction of sp³-hybridized carbons (Fsp3) is 0.500. The van der Waals surface area contributed by atoms with Crippen molar-refractivity contribution in [3.63, 3.8) is 0 Å². The van der Waals surface area contributed by atoms with Crippen LogP contribution in [0.1, 0.15) is 25.5 Å². The number of halogens is 1. The molecule has 1 aromatic heterocycles. The second kappa shape index (κ2) is 4.44. The molecule has 0 radical (unpaired) electrons. The summed E-state index contributed by atoms with van der Waals surface area (Å²) in [4.78, 5) is 8.29. The number of rotatable bonds is 3. The first-order valence-corrected chi connectivity index (χ1v) is 4.58. The summed E-state index contributed by atoms with van der Waals surface area (Å²) >= 11 is 3.24. The Morgan fingerprint density at radius 1 is 1.36 bits per heavy atom. The van der Waals surface area contributed by atoms with Gasteiger partial charge in [-0.2, -0.15) is 0 Å². The van der Waals surface area contributed by atoms with Crippen molar-refractivity contribution in [2.75, 3.05) is 0 Å². The van der Waals surface area contributed by atoms with Crippen LogP contribution in [0.15, 0.2) is 17.0 Å². The molecule has 0 aliphatic carbocycles. The fourth-order valence-corrected chi connectivity index (χ4v) is 1.03. The zero-order valence-corrected chi connectivity index (χ0v) is 8.13. The normalized spacial score (nSPS) is 10.0. The number of hydrogen-bond acceptors (Lipinski definition) is 2. The van der Waals surface area contributed by atoms with E-state index in [-0.39, 0.29) is 0 Å². The molecule has 0 aliphatic heterocycles. The van der Waals surface area contributed by atoms with Gasteiger partial charge in [-0.15, -0.1) is 0 Å². The van der Waals surface area contributed by atoms with E-state index in [4.69, 9.17) is 0 Å². The van der Waals surface area contributed by atoms with E-state index in [0.29, 0.717) is 0 Å². The molecule has 0 amide bonds. The summed E-state index contributed by atoms with van der Waals surface area (Å²) in [6.45, 7) is 2.17. The monoisotopic (exact) mass is 214 g/mol. The van der Waals surface area contributed by atoms with Crippen molar-refractivity contribution in [3.05, 3.63) is 22.7 Å². The predicted molar refractivity (Wildman–Crippen MR) is 48.3 cm³/mol. The first-order chi connectivity index (χ1) is 5.33. The maximum absolute atomic E-state index is 4.21. The smallest absolute Gasteiger partial charge is 0.124 e. The van der Waals surface area contributed by atoms with Gasteiger partial charge >= 0.3 is 0 Å². The standard InChI is InChI=1S/C8H11BrN2/c1-2-3-4-7-5-11-8(9)6-10-7/h5-6H,2-4H2,1H3. The van der Waals surface area contributed by atoms with E-state index >= 15 is 0 Å². The fourth-order valence-electron chi connectivity index (χ4n) is 0.826. The molecule has 1 aromatic rings. The van der Waals surface area contributed by atoms with Gasteiger partial charge in [-0.1, -0.05) is 13.3 Å². The van der Waals surface area contributed by atoms with E-state index in [1.54, 1.807) is 6.20 Å². The lowest BCUT2D eigenvalue weighted by molar-refractivity contribution is 0.771. The topological polar surface area (TPSA) is 25.8 Å². The van der Waals surface area contributed by atoms with Crippen LogP contribution < -0.4 is 0 Å². The Hall–Kier alpha value is -0.440. The lowest BCUT2D eigenvalue weighted by Gasteiger charge is -1.96. The quantitative estimate of drug-likeness (QED) is 0.774. The third kappa shape index (κ3) is 2.97. The molecular weight excluding hydrogens is 204 g/mol. The highest BCUT2D eigenvalue weighted by Gasteiger charge is 1.93. The Kier molecular flexibility index (Phi) is 3.49. The van der Waals surface area contributed by atoms with Crippen LogP contribution in [0.2, 0.25) is 0 Å². The summed E-state index contributed by atoms with van der Waals surface area (Å²) in [6, 6.07) is 0. The molecular formula is C8H11BrN2. The van der Waals surface area contributed by atoms with Crippen LogP contribution in [-0.2, 0) is 6.42 Å². The summed E-state index contributed by atoms with van der Waals surface area (Å²) < 4.78 is 0.803. The van der Waals surface area contributed by atoms with Crippen LogP contribution in [0.25, 0.3) is 0 Å². The highest BCUT2D eigenvalue weighted by Crippen LogP contribution is 2.04. The summed E-state index contributed by atoms with van der Waals surface area (Å²) in [6.07, 6.45) is 7.00. The molecule has 2 nitrogen and oxygen atoms in total. The predicted octanol–water partition coefficient (Wildman–Crippen LogP) is 2.58. The van der Waals surface area contributed by atoms with Gasteiger partial charge < -0.3 is 0 Å². The molecule has 0 fully saturated rings. The Balaban J connectivity index is 2.52. The van der Waals surface area contributed by atoms with Crippen molar-refractivity contribution < 1.29 is 0 Å². The molecule has 3 heteroatoms. The molecule has 1 heterocycles. The molecule has 0 atom stereocenters. The lowest BCUT2D eigenvalue weighted by Crippen LogP contribution is -1.90. The maximum atomic E-state index is 4.21. The average Bonchev–Trinajstić information content (AvgIpc) is 2.04. The van der Waals surface area contributed by atoms with Gasteiger partial charge in [0.05, 0.1) is 11.9 Å². The van der Waals surface area contributed by atoms with Crippen molar-refractivity contribution in [2.45, 2.75) is 26.2 Å². The van der Waals surface area contributed by atoms with Gasteiger partial charge in [-0.25, -0.2) is 4.98 Å². The van der Waals surface area contributed by atoms with Gasteiger partial charge in [-0.05, 0) is 28.8 Å². The zero-order chi connectivity index (χ0) is 8.10. The maximum Gasteiger partial charge on any atom is 0.124 e. The molecule has 11 heavy (non-hydrogen) atoms. The second-order valence-electron chi connectivity index (χ2n) is 2.43. The highest BCUT2D eigenvalue weighted by atomic mass is 79.9. The number of unbranched alkanes of at least 4 members (excludes halogenated alkanes) is 1. The Bertz CT molecular complexity index is 208. The van der Waals surface area contributed by atoms with E-state index in [2.05, 4.69) is 32.8 Å². The number of aryl methyl sites for hydroxylation is 1. The van der Waals surface area contributed by atoms with Crippen molar-refractivity contribution in [1.29, 1.82) is 0 Å². The van der Waals surface area contributed by atoms with Crippen molar-refractivity contribution in [3.8, 4) is 0 Å². The minimum absolute atomic E-state index is 0.803. The summed E-state index contributed by atoms with van der Waals surface area (Å²) in [5, 5.41) is 0. The van der Waals surface area contributed by atoms with Gasteiger partial charge in [0.1, 0.15) is 4.60 Å². The zero-order valence-electron chi connectivity index (χ0n) is 6.55. The van der Waals surface area contributed by atoms with E-state index in [0.717, 1.165) is 16.7 Å². The van der Waals surface area contributed by atoms with Crippen LogP contribution in [0, 0.1) is 0 Å². The molecule has 0 aliphatic rings. The molecule has 0 aromatic carbocycles. The Morgan fingerprint density at radius 2 is 2.18 bits per heavy atom. The van der Waals surface area contributed by atoms with Gasteiger partial charge in [-0.3, -0.25) is 4.98 Å². The van der Waals surface area contributed by atoms with Crippen molar-refractivity contribution in [2.24, 2.45) is 0 Å². The third-order valence-corrected chi connectivity index (χ3v) is 1.87. The van der Waals surface area contributed by atoms with Crippen LogP contribution >= 0.6 is 15.9 Å². The summed E-state index contributed by atoms with van der Waals surface area (Å²) in [5.41, 5.74) is 1.08. The first-order valence-electron chi connectivity index (χ1n) is 3.79. The van der Waals surface area contributed by atoms with Crippen LogP contribution in [0.5, 0.6) is 0 Å². The molecule has 1 rings (SSSR count). The van der Waals surface area contributed by atoms with Gasteiger partial charge in [0.25, 0.3) is 0 Å². The lowest BCUT2D eigenvalue weighted by atomic mass is 10.2. The Labute approximate surface area is 75.2 Å². The molecule has 0 spiro atoms. The van der Waals surface area contributed by atoms with Gasteiger partial charge in [0.2, 0.25) is 0 Å². The minimum Gasteiger partial charge on any atom is -0.257 e. The second-order valence-corrected chi connectivity index (χ2v) is 3.25. The first kappa shape index (κ1) is 8.65. The van der Waals surface area contributed by atoms with E-state index < -0.39 is 0 Å². The van der Waals surface area contributed by atoms with Gasteiger partial charge in [0, 0.05) is 6.20 Å². The van der Waals surface area contributed by atoms with Crippen LogP contribution in [0.4, 0.5) is 0 Å².